The van der Waals surface area contributed by atoms with Crippen molar-refractivity contribution in [3.8, 4) is 5.75 Å². The molecule has 26 heavy (non-hydrogen) atoms. The third-order valence-corrected chi connectivity index (χ3v) is 5.56. The molecular weight excluding hydrogens is 364 g/mol. The highest BCUT2D eigenvalue weighted by Gasteiger charge is 2.31. The van der Waals surface area contributed by atoms with E-state index in [1.807, 2.05) is 62.4 Å². The fourth-order valence-corrected chi connectivity index (χ4v) is 3.99. The molecule has 0 aromatic heterocycles. The van der Waals surface area contributed by atoms with Crippen LogP contribution in [0.15, 0.2) is 47.4 Å². The van der Waals surface area contributed by atoms with Gasteiger partial charge in [-0.1, -0.05) is 54.3 Å². The quantitative estimate of drug-likeness (QED) is 0.603. The Kier molecular flexibility index (Phi) is 5.64. The number of hydrogen-bond donors (Lipinski definition) is 1. The summed E-state index contributed by atoms with van der Waals surface area (Å²) in [7, 11) is 1.63. The summed E-state index contributed by atoms with van der Waals surface area (Å²) in [6, 6.07) is 13.7. The molecule has 0 bridgehead atoms. The Morgan fingerprint density at radius 1 is 1.15 bits per heavy atom. The second kappa shape index (κ2) is 7.93. The molecule has 2 aromatic carbocycles. The zero-order valence-electron chi connectivity index (χ0n) is 14.9. The molecule has 134 valence electrons. The number of carbonyl (C=O) groups is 1. The van der Waals surface area contributed by atoms with Crippen LogP contribution in [0.2, 0.25) is 0 Å². The van der Waals surface area contributed by atoms with Crippen LogP contribution in [0.3, 0.4) is 0 Å². The summed E-state index contributed by atoms with van der Waals surface area (Å²) in [5, 5.41) is 3.34. The van der Waals surface area contributed by atoms with Crippen LogP contribution in [0.1, 0.15) is 16.7 Å². The number of amides is 1. The minimum absolute atomic E-state index is 0.0745. The maximum absolute atomic E-state index is 12.7. The molecule has 1 amide bonds. The molecule has 0 atom stereocenters. The molecule has 1 aliphatic rings. The van der Waals surface area contributed by atoms with E-state index < -0.39 is 0 Å². The average Bonchev–Trinajstić information content (AvgIpc) is 2.89. The van der Waals surface area contributed by atoms with Crippen molar-refractivity contribution in [3.63, 3.8) is 0 Å². The number of para-hydroxylation sites is 1. The predicted octanol–water partition coefficient (Wildman–Crippen LogP) is 4.58. The average molecular weight is 385 g/mol. The van der Waals surface area contributed by atoms with Gasteiger partial charge in [0, 0.05) is 5.69 Å². The van der Waals surface area contributed by atoms with Crippen LogP contribution in [0.4, 0.5) is 5.69 Å². The van der Waals surface area contributed by atoms with Crippen molar-refractivity contribution >= 4 is 46.0 Å². The maximum atomic E-state index is 12.7. The topological polar surface area (TPSA) is 41.6 Å². The summed E-state index contributed by atoms with van der Waals surface area (Å²) in [6.07, 6.45) is 1.86. The van der Waals surface area contributed by atoms with Crippen molar-refractivity contribution in [2.75, 3.05) is 19.1 Å². The van der Waals surface area contributed by atoms with Gasteiger partial charge in [-0.15, -0.1) is 0 Å². The molecule has 0 unspecified atom stereocenters. The SMILES string of the molecule is COc1ccc(/C=C2\SC(=S)N(CNc3c(C)cccc3C)C2=O)cc1. The van der Waals surface area contributed by atoms with Crippen LogP contribution in [-0.4, -0.2) is 28.9 Å². The normalized spacial score (nSPS) is 15.7. The Labute approximate surface area is 163 Å². The van der Waals surface area contributed by atoms with Gasteiger partial charge in [0.05, 0.1) is 18.7 Å². The van der Waals surface area contributed by atoms with Gasteiger partial charge in [0.1, 0.15) is 10.1 Å². The van der Waals surface area contributed by atoms with Crippen molar-refractivity contribution in [1.82, 2.24) is 4.90 Å². The van der Waals surface area contributed by atoms with Gasteiger partial charge in [-0.2, -0.15) is 0 Å². The first-order valence-corrected chi connectivity index (χ1v) is 9.41. The number of rotatable bonds is 5. The molecule has 4 nitrogen and oxygen atoms in total. The number of carbonyl (C=O) groups excluding carboxylic acids is 1. The summed E-state index contributed by atoms with van der Waals surface area (Å²) in [6.45, 7) is 4.45. The Bertz CT molecular complexity index is 856. The van der Waals surface area contributed by atoms with E-state index in [1.54, 1.807) is 12.0 Å². The number of thiocarbonyl (C=S) groups is 1. The Morgan fingerprint density at radius 2 is 1.81 bits per heavy atom. The largest absolute Gasteiger partial charge is 0.497 e. The Hall–Kier alpha value is -2.31. The Morgan fingerprint density at radius 3 is 2.42 bits per heavy atom. The molecule has 0 aliphatic carbocycles. The summed E-state index contributed by atoms with van der Waals surface area (Å²) < 4.78 is 5.72. The second-order valence-electron chi connectivity index (χ2n) is 5.98. The zero-order chi connectivity index (χ0) is 18.7. The van der Waals surface area contributed by atoms with E-state index >= 15 is 0 Å². The minimum Gasteiger partial charge on any atom is -0.497 e. The highest BCUT2D eigenvalue weighted by atomic mass is 32.2. The lowest BCUT2D eigenvalue weighted by atomic mass is 10.1. The molecule has 6 heteroatoms. The highest BCUT2D eigenvalue weighted by Crippen LogP contribution is 2.33. The lowest BCUT2D eigenvalue weighted by molar-refractivity contribution is -0.121. The van der Waals surface area contributed by atoms with Gasteiger partial charge in [-0.3, -0.25) is 9.69 Å². The predicted molar refractivity (Wildman–Crippen MR) is 112 cm³/mol. The number of nitrogens with zero attached hydrogens (tertiary/aromatic N) is 1. The van der Waals surface area contributed by atoms with Crippen LogP contribution in [0.5, 0.6) is 5.75 Å². The van der Waals surface area contributed by atoms with Crippen LogP contribution in [0.25, 0.3) is 6.08 Å². The molecule has 1 saturated heterocycles. The van der Waals surface area contributed by atoms with Gasteiger partial charge in [0.25, 0.3) is 5.91 Å². The molecule has 0 saturated carbocycles. The molecule has 1 N–H and O–H groups in total. The summed E-state index contributed by atoms with van der Waals surface area (Å²) >= 11 is 6.73. The number of nitrogens with one attached hydrogen (secondary N) is 1. The zero-order valence-corrected chi connectivity index (χ0v) is 16.5. The van der Waals surface area contributed by atoms with Crippen LogP contribution < -0.4 is 10.1 Å². The van der Waals surface area contributed by atoms with Gasteiger partial charge in [0.2, 0.25) is 0 Å². The lowest BCUT2D eigenvalue weighted by Crippen LogP contribution is -2.33. The molecule has 0 radical (unpaired) electrons. The highest BCUT2D eigenvalue weighted by molar-refractivity contribution is 8.26. The first-order valence-electron chi connectivity index (χ1n) is 8.19. The van der Waals surface area contributed by atoms with E-state index in [4.69, 9.17) is 17.0 Å². The first kappa shape index (κ1) is 18.5. The molecule has 3 rings (SSSR count). The third-order valence-electron chi connectivity index (χ3n) is 4.18. The van der Waals surface area contributed by atoms with E-state index in [-0.39, 0.29) is 5.91 Å². The van der Waals surface area contributed by atoms with E-state index in [0.717, 1.165) is 28.1 Å². The fourth-order valence-electron chi connectivity index (χ4n) is 2.74. The van der Waals surface area contributed by atoms with Gasteiger partial charge in [-0.05, 0) is 48.7 Å². The van der Waals surface area contributed by atoms with Crippen molar-refractivity contribution in [2.24, 2.45) is 0 Å². The van der Waals surface area contributed by atoms with Gasteiger partial charge >= 0.3 is 0 Å². The fraction of sp³-hybridized carbons (Fsp3) is 0.200. The van der Waals surface area contributed by atoms with Gasteiger partial charge in [0.15, 0.2) is 0 Å². The standard InChI is InChI=1S/C20H20N2O2S2/c1-13-5-4-6-14(2)18(13)21-12-22-19(23)17(26-20(22)25)11-15-7-9-16(24-3)10-8-15/h4-11,21H,12H2,1-3H3/b17-11-. The van der Waals surface area contributed by atoms with Gasteiger partial charge in [-0.25, -0.2) is 0 Å². The van der Waals surface area contributed by atoms with E-state index in [9.17, 15) is 4.79 Å². The summed E-state index contributed by atoms with van der Waals surface area (Å²) in [5.74, 6) is 0.710. The summed E-state index contributed by atoms with van der Waals surface area (Å²) in [5.41, 5.74) is 4.27. The number of anilines is 1. The van der Waals surface area contributed by atoms with Crippen LogP contribution >= 0.6 is 24.0 Å². The number of hydrogen-bond acceptors (Lipinski definition) is 5. The number of thioether (sulfide) groups is 1. The summed E-state index contributed by atoms with van der Waals surface area (Å²) in [4.78, 5) is 14.9. The van der Waals surface area contributed by atoms with Crippen LogP contribution in [-0.2, 0) is 4.79 Å². The second-order valence-corrected chi connectivity index (χ2v) is 7.66. The molecule has 1 heterocycles. The van der Waals surface area contributed by atoms with Crippen molar-refractivity contribution in [2.45, 2.75) is 13.8 Å². The third kappa shape index (κ3) is 3.92. The van der Waals surface area contributed by atoms with Crippen molar-refractivity contribution in [1.29, 1.82) is 0 Å². The smallest absolute Gasteiger partial charge is 0.267 e. The number of methoxy groups -OCH3 is 1. The first-order chi connectivity index (χ1) is 12.5. The lowest BCUT2D eigenvalue weighted by Gasteiger charge is -2.18. The Balaban J connectivity index is 1.73. The van der Waals surface area contributed by atoms with E-state index in [0.29, 0.717) is 15.9 Å². The van der Waals surface area contributed by atoms with E-state index in [2.05, 4.69) is 5.32 Å². The molecular formula is C20H20N2O2S2. The monoisotopic (exact) mass is 384 g/mol. The van der Waals surface area contributed by atoms with E-state index in [1.165, 1.54) is 11.8 Å². The molecule has 0 spiro atoms. The number of ether oxygens (including phenoxy) is 1. The van der Waals surface area contributed by atoms with Crippen LogP contribution in [0, 0.1) is 13.8 Å². The van der Waals surface area contributed by atoms with Gasteiger partial charge < -0.3 is 10.1 Å². The number of aryl methyl sites for hydroxylation is 2. The van der Waals surface area contributed by atoms with Crippen molar-refractivity contribution < 1.29 is 9.53 Å². The molecule has 2 aromatic rings. The number of benzene rings is 2. The molecule has 1 aliphatic heterocycles. The maximum Gasteiger partial charge on any atom is 0.267 e. The minimum atomic E-state index is -0.0745. The van der Waals surface area contributed by atoms with Crippen molar-refractivity contribution in [3.05, 3.63) is 64.1 Å². The molecule has 1 fully saturated rings.